The summed E-state index contributed by atoms with van der Waals surface area (Å²) in [6.07, 6.45) is 5.36. The lowest BCUT2D eigenvalue weighted by atomic mass is 10.1. The molecule has 0 fully saturated rings. The van der Waals surface area contributed by atoms with E-state index in [1.807, 2.05) is 18.5 Å². The first-order valence-corrected chi connectivity index (χ1v) is 5.28. The van der Waals surface area contributed by atoms with Gasteiger partial charge in [0.2, 0.25) is 5.78 Å². The second-order valence-electron chi connectivity index (χ2n) is 3.76. The summed E-state index contributed by atoms with van der Waals surface area (Å²) in [7, 11) is 0. The number of aromatic nitrogens is 3. The molecule has 0 amide bonds. The van der Waals surface area contributed by atoms with E-state index in [0.29, 0.717) is 5.78 Å². The molecule has 88 valence electrons. The van der Waals surface area contributed by atoms with E-state index < -0.39 is 4.92 Å². The van der Waals surface area contributed by atoms with Crippen molar-refractivity contribution >= 4 is 11.5 Å². The lowest BCUT2D eigenvalue weighted by Gasteiger charge is -1.95. The van der Waals surface area contributed by atoms with Gasteiger partial charge < -0.3 is 0 Å². The van der Waals surface area contributed by atoms with Crippen molar-refractivity contribution in [2.45, 2.75) is 0 Å². The van der Waals surface area contributed by atoms with Crippen LogP contribution in [-0.4, -0.2) is 19.3 Å². The molecule has 0 radical (unpaired) electrons. The van der Waals surface area contributed by atoms with Gasteiger partial charge in [0.05, 0.1) is 10.6 Å². The first-order valence-electron chi connectivity index (χ1n) is 5.28. The van der Waals surface area contributed by atoms with Gasteiger partial charge in [-0.25, -0.2) is 9.97 Å². The molecule has 0 saturated heterocycles. The molecule has 3 aromatic rings. The molecule has 1 aromatic carbocycles. The van der Waals surface area contributed by atoms with Crippen LogP contribution in [0.2, 0.25) is 0 Å². The monoisotopic (exact) mass is 240 g/mol. The molecule has 6 nitrogen and oxygen atoms in total. The number of non-ortho nitro benzene ring substituents is 1. The summed E-state index contributed by atoms with van der Waals surface area (Å²) < 4.78 is 1.80. The maximum atomic E-state index is 10.6. The number of benzene rings is 1. The first kappa shape index (κ1) is 10.4. The molecule has 2 aromatic heterocycles. The minimum absolute atomic E-state index is 0.0700. The maximum Gasteiger partial charge on any atom is 0.269 e. The SMILES string of the molecule is O=[N+]([O-])c1ccc(-c2cn3cccnc3n2)cc1. The summed E-state index contributed by atoms with van der Waals surface area (Å²) in [5.41, 5.74) is 1.63. The lowest BCUT2D eigenvalue weighted by molar-refractivity contribution is -0.384. The summed E-state index contributed by atoms with van der Waals surface area (Å²) in [5.74, 6) is 0.603. The minimum atomic E-state index is -0.422. The Morgan fingerprint density at radius 2 is 2.00 bits per heavy atom. The van der Waals surface area contributed by atoms with E-state index in [-0.39, 0.29) is 5.69 Å². The lowest BCUT2D eigenvalue weighted by Crippen LogP contribution is -1.87. The number of nitro benzene ring substituents is 1. The molecular weight excluding hydrogens is 232 g/mol. The van der Waals surface area contributed by atoms with E-state index in [9.17, 15) is 10.1 Å². The minimum Gasteiger partial charge on any atom is -0.291 e. The molecule has 18 heavy (non-hydrogen) atoms. The Balaban J connectivity index is 2.06. The van der Waals surface area contributed by atoms with Crippen molar-refractivity contribution in [1.82, 2.24) is 14.4 Å². The van der Waals surface area contributed by atoms with E-state index in [1.54, 1.807) is 22.7 Å². The number of fused-ring (bicyclic) bond motifs is 1. The van der Waals surface area contributed by atoms with E-state index in [4.69, 9.17) is 0 Å². The summed E-state index contributed by atoms with van der Waals surface area (Å²) >= 11 is 0. The molecule has 0 atom stereocenters. The van der Waals surface area contributed by atoms with Crippen LogP contribution in [0.3, 0.4) is 0 Å². The summed E-state index contributed by atoms with van der Waals surface area (Å²) in [6.45, 7) is 0. The highest BCUT2D eigenvalue weighted by Crippen LogP contribution is 2.21. The number of nitro groups is 1. The topological polar surface area (TPSA) is 73.3 Å². The van der Waals surface area contributed by atoms with Gasteiger partial charge in [-0.2, -0.15) is 0 Å². The van der Waals surface area contributed by atoms with Gasteiger partial charge in [0, 0.05) is 36.3 Å². The molecule has 0 aliphatic carbocycles. The van der Waals surface area contributed by atoms with Gasteiger partial charge in [0.25, 0.3) is 5.69 Å². The van der Waals surface area contributed by atoms with Crippen molar-refractivity contribution < 1.29 is 4.92 Å². The third-order valence-electron chi connectivity index (χ3n) is 2.61. The van der Waals surface area contributed by atoms with Crippen molar-refractivity contribution in [1.29, 1.82) is 0 Å². The highest BCUT2D eigenvalue weighted by molar-refractivity contribution is 5.62. The van der Waals surface area contributed by atoms with E-state index in [1.165, 1.54) is 12.1 Å². The second kappa shape index (κ2) is 3.92. The Bertz CT molecular complexity index is 685. The molecule has 0 aliphatic rings. The van der Waals surface area contributed by atoms with Crippen molar-refractivity contribution in [2.24, 2.45) is 0 Å². The van der Waals surface area contributed by atoms with Gasteiger partial charge in [0.1, 0.15) is 0 Å². The highest BCUT2D eigenvalue weighted by Gasteiger charge is 2.08. The van der Waals surface area contributed by atoms with Crippen LogP contribution in [0.1, 0.15) is 0 Å². The van der Waals surface area contributed by atoms with E-state index in [0.717, 1.165) is 11.3 Å². The predicted molar refractivity (Wildman–Crippen MR) is 65.1 cm³/mol. The second-order valence-corrected chi connectivity index (χ2v) is 3.76. The zero-order valence-corrected chi connectivity index (χ0v) is 9.22. The van der Waals surface area contributed by atoms with Gasteiger partial charge in [0.15, 0.2) is 0 Å². The standard InChI is InChI=1S/C12H8N4O2/c17-16(18)10-4-2-9(3-5-10)11-8-15-7-1-6-13-12(15)14-11/h1-8H. The molecule has 0 N–H and O–H groups in total. The van der Waals surface area contributed by atoms with E-state index in [2.05, 4.69) is 9.97 Å². The molecular formula is C12H8N4O2. The Morgan fingerprint density at radius 1 is 1.22 bits per heavy atom. The van der Waals surface area contributed by atoms with Crippen molar-refractivity contribution in [3.05, 3.63) is 59.0 Å². The zero-order valence-electron chi connectivity index (χ0n) is 9.22. The fourth-order valence-electron chi connectivity index (χ4n) is 1.72. The predicted octanol–water partition coefficient (Wildman–Crippen LogP) is 2.30. The van der Waals surface area contributed by atoms with Crippen LogP contribution in [0.15, 0.2) is 48.9 Å². The Morgan fingerprint density at radius 3 is 2.67 bits per heavy atom. The third-order valence-corrected chi connectivity index (χ3v) is 2.61. The largest absolute Gasteiger partial charge is 0.291 e. The Kier molecular flexibility index (Phi) is 2.26. The highest BCUT2D eigenvalue weighted by atomic mass is 16.6. The summed E-state index contributed by atoms with van der Waals surface area (Å²) in [6, 6.07) is 8.10. The number of hydrogen-bond acceptors (Lipinski definition) is 4. The normalized spacial score (nSPS) is 10.7. The van der Waals surface area contributed by atoms with Crippen LogP contribution in [0.5, 0.6) is 0 Å². The Labute approximate surface area is 102 Å². The Hall–Kier alpha value is -2.76. The van der Waals surface area contributed by atoms with Crippen LogP contribution in [0, 0.1) is 10.1 Å². The van der Waals surface area contributed by atoms with Gasteiger partial charge in [-0.15, -0.1) is 0 Å². The van der Waals surface area contributed by atoms with Crippen LogP contribution in [0.4, 0.5) is 5.69 Å². The van der Waals surface area contributed by atoms with Gasteiger partial charge in [-0.1, -0.05) is 0 Å². The molecule has 0 aliphatic heterocycles. The van der Waals surface area contributed by atoms with Crippen LogP contribution in [-0.2, 0) is 0 Å². The molecule has 6 heteroatoms. The molecule has 2 heterocycles. The van der Waals surface area contributed by atoms with Crippen molar-refractivity contribution in [3.63, 3.8) is 0 Å². The number of nitrogens with zero attached hydrogens (tertiary/aromatic N) is 4. The third kappa shape index (κ3) is 1.69. The number of imidazole rings is 1. The van der Waals surface area contributed by atoms with Crippen LogP contribution in [0.25, 0.3) is 17.0 Å². The fourth-order valence-corrected chi connectivity index (χ4v) is 1.72. The van der Waals surface area contributed by atoms with Gasteiger partial charge in [-0.3, -0.25) is 14.5 Å². The quantitative estimate of drug-likeness (QED) is 0.509. The number of rotatable bonds is 2. The van der Waals surface area contributed by atoms with Crippen LogP contribution >= 0.6 is 0 Å². The van der Waals surface area contributed by atoms with Gasteiger partial charge in [-0.05, 0) is 18.2 Å². The van der Waals surface area contributed by atoms with Crippen molar-refractivity contribution in [2.75, 3.05) is 0 Å². The first-order chi connectivity index (χ1) is 8.74. The molecule has 0 bridgehead atoms. The van der Waals surface area contributed by atoms with Crippen molar-refractivity contribution in [3.8, 4) is 11.3 Å². The van der Waals surface area contributed by atoms with Crippen LogP contribution < -0.4 is 0 Å². The maximum absolute atomic E-state index is 10.6. The average molecular weight is 240 g/mol. The summed E-state index contributed by atoms with van der Waals surface area (Å²) in [5, 5.41) is 10.6. The average Bonchev–Trinajstić information content (AvgIpc) is 2.82. The zero-order chi connectivity index (χ0) is 12.5. The fraction of sp³-hybridized carbons (Fsp3) is 0. The smallest absolute Gasteiger partial charge is 0.269 e. The van der Waals surface area contributed by atoms with Gasteiger partial charge >= 0.3 is 0 Å². The number of hydrogen-bond donors (Lipinski definition) is 0. The van der Waals surface area contributed by atoms with E-state index >= 15 is 0 Å². The molecule has 0 spiro atoms. The molecule has 3 rings (SSSR count). The molecule has 0 saturated carbocycles. The summed E-state index contributed by atoms with van der Waals surface area (Å²) in [4.78, 5) is 18.6. The molecule has 0 unspecified atom stereocenters.